The highest BCUT2D eigenvalue weighted by atomic mass is 19.4. The lowest BCUT2D eigenvalue weighted by Crippen LogP contribution is -2.33. The van der Waals surface area contributed by atoms with Crippen molar-refractivity contribution in [1.82, 2.24) is 20.3 Å². The van der Waals surface area contributed by atoms with Crippen LogP contribution in [0, 0.1) is 0 Å². The average Bonchev–Trinajstić information content (AvgIpc) is 2.74. The standard InChI is InChI=1S/C21H26F3N5/c22-21(23,24)16-6-8-26-17(11-16)12-18-13-19(15-5-4-7-25-14-15)28-20(27-18)29-9-2-1-3-10-29/h6,8,11,13,15,25H,1-5,7,9-10,12,14H2. The maximum atomic E-state index is 13.1. The van der Waals surface area contributed by atoms with Crippen LogP contribution < -0.4 is 10.2 Å². The number of hydrogen-bond donors (Lipinski definition) is 1. The van der Waals surface area contributed by atoms with Crippen LogP contribution in [0.1, 0.15) is 60.7 Å². The lowest BCUT2D eigenvalue weighted by atomic mass is 9.95. The van der Waals surface area contributed by atoms with Crippen LogP contribution in [0.2, 0.25) is 0 Å². The highest BCUT2D eigenvalue weighted by Gasteiger charge is 2.30. The van der Waals surface area contributed by atoms with E-state index in [9.17, 15) is 13.2 Å². The maximum absolute atomic E-state index is 13.1. The number of hydrogen-bond acceptors (Lipinski definition) is 5. The van der Waals surface area contributed by atoms with Crippen molar-refractivity contribution in [2.75, 3.05) is 31.1 Å². The molecule has 0 amide bonds. The number of rotatable bonds is 4. The van der Waals surface area contributed by atoms with E-state index in [1.807, 2.05) is 6.07 Å². The third-order valence-corrected chi connectivity index (χ3v) is 5.65. The van der Waals surface area contributed by atoms with Gasteiger partial charge >= 0.3 is 6.18 Å². The van der Waals surface area contributed by atoms with E-state index in [1.165, 1.54) is 12.6 Å². The number of nitrogens with one attached hydrogen (secondary N) is 1. The molecule has 0 aromatic carbocycles. The van der Waals surface area contributed by atoms with E-state index in [4.69, 9.17) is 9.97 Å². The number of pyridine rings is 1. The van der Waals surface area contributed by atoms with Crippen molar-refractivity contribution in [1.29, 1.82) is 0 Å². The molecule has 0 aliphatic carbocycles. The van der Waals surface area contributed by atoms with Gasteiger partial charge in [0.2, 0.25) is 5.95 Å². The summed E-state index contributed by atoms with van der Waals surface area (Å²) in [5.41, 5.74) is 1.41. The van der Waals surface area contributed by atoms with Crippen LogP contribution in [-0.2, 0) is 12.6 Å². The Morgan fingerprint density at radius 2 is 1.86 bits per heavy atom. The summed E-state index contributed by atoms with van der Waals surface area (Å²) >= 11 is 0. The van der Waals surface area contributed by atoms with Gasteiger partial charge in [-0.25, -0.2) is 9.97 Å². The first-order chi connectivity index (χ1) is 14.0. The third kappa shape index (κ3) is 5.04. The van der Waals surface area contributed by atoms with Crippen LogP contribution in [0.4, 0.5) is 19.1 Å². The van der Waals surface area contributed by atoms with Gasteiger partial charge in [-0.3, -0.25) is 4.98 Å². The first-order valence-corrected chi connectivity index (χ1v) is 10.3. The number of aromatic nitrogens is 3. The first-order valence-electron chi connectivity index (χ1n) is 10.3. The molecule has 0 saturated carbocycles. The molecule has 5 nitrogen and oxygen atoms in total. The molecule has 29 heavy (non-hydrogen) atoms. The Balaban J connectivity index is 1.64. The summed E-state index contributed by atoms with van der Waals surface area (Å²) in [6.07, 6.45) is 2.71. The lowest BCUT2D eigenvalue weighted by molar-refractivity contribution is -0.137. The number of piperidine rings is 2. The highest BCUT2D eigenvalue weighted by molar-refractivity contribution is 5.35. The summed E-state index contributed by atoms with van der Waals surface area (Å²) < 4.78 is 39.2. The van der Waals surface area contributed by atoms with Crippen molar-refractivity contribution < 1.29 is 13.2 Å². The fourth-order valence-corrected chi connectivity index (χ4v) is 4.08. The summed E-state index contributed by atoms with van der Waals surface area (Å²) in [6, 6.07) is 4.07. The largest absolute Gasteiger partial charge is 0.416 e. The van der Waals surface area contributed by atoms with Gasteiger partial charge in [0, 0.05) is 43.9 Å². The normalized spacial score (nSPS) is 20.7. The van der Waals surface area contributed by atoms with Crippen LogP contribution in [0.15, 0.2) is 24.4 Å². The van der Waals surface area contributed by atoms with E-state index >= 15 is 0 Å². The zero-order valence-corrected chi connectivity index (χ0v) is 16.4. The first kappa shape index (κ1) is 20.1. The molecule has 0 radical (unpaired) electrons. The second kappa shape index (κ2) is 8.65. The molecule has 8 heteroatoms. The summed E-state index contributed by atoms with van der Waals surface area (Å²) in [5.74, 6) is 1.01. The summed E-state index contributed by atoms with van der Waals surface area (Å²) in [7, 11) is 0. The monoisotopic (exact) mass is 405 g/mol. The van der Waals surface area contributed by atoms with E-state index in [0.717, 1.165) is 75.4 Å². The predicted molar refractivity (Wildman–Crippen MR) is 105 cm³/mol. The minimum Gasteiger partial charge on any atom is -0.341 e. The van der Waals surface area contributed by atoms with E-state index in [2.05, 4.69) is 15.2 Å². The fourth-order valence-electron chi connectivity index (χ4n) is 4.08. The van der Waals surface area contributed by atoms with Crippen molar-refractivity contribution in [2.24, 2.45) is 0 Å². The van der Waals surface area contributed by atoms with Gasteiger partial charge in [0.05, 0.1) is 17.0 Å². The molecule has 4 heterocycles. The molecule has 4 rings (SSSR count). The van der Waals surface area contributed by atoms with Gasteiger partial charge in [-0.1, -0.05) is 0 Å². The molecule has 0 spiro atoms. The topological polar surface area (TPSA) is 53.9 Å². The Hall–Kier alpha value is -2.22. The van der Waals surface area contributed by atoms with E-state index in [1.54, 1.807) is 0 Å². The fraction of sp³-hybridized carbons (Fsp3) is 0.571. The van der Waals surface area contributed by atoms with Crippen LogP contribution in [-0.4, -0.2) is 41.1 Å². The number of anilines is 1. The van der Waals surface area contributed by atoms with Crippen LogP contribution in [0.25, 0.3) is 0 Å². The van der Waals surface area contributed by atoms with Crippen molar-refractivity contribution in [3.8, 4) is 0 Å². The van der Waals surface area contributed by atoms with Gasteiger partial charge in [0.25, 0.3) is 0 Å². The third-order valence-electron chi connectivity index (χ3n) is 5.65. The van der Waals surface area contributed by atoms with Crippen molar-refractivity contribution in [3.63, 3.8) is 0 Å². The minimum atomic E-state index is -4.37. The SMILES string of the molecule is FC(F)(F)c1ccnc(Cc2cc(C3CCCNC3)nc(N3CCCCC3)n2)c1. The molecule has 2 fully saturated rings. The van der Waals surface area contributed by atoms with E-state index in [0.29, 0.717) is 17.6 Å². The molecule has 1 N–H and O–H groups in total. The Morgan fingerprint density at radius 3 is 2.59 bits per heavy atom. The summed E-state index contributed by atoms with van der Waals surface area (Å²) in [4.78, 5) is 15.9. The van der Waals surface area contributed by atoms with E-state index in [-0.39, 0.29) is 6.42 Å². The molecule has 1 unspecified atom stereocenters. The minimum absolute atomic E-state index is 0.264. The molecule has 156 valence electrons. The van der Waals surface area contributed by atoms with Crippen molar-refractivity contribution in [3.05, 3.63) is 47.0 Å². The maximum Gasteiger partial charge on any atom is 0.416 e. The molecule has 2 aromatic heterocycles. The van der Waals surface area contributed by atoms with Gasteiger partial charge in [-0.2, -0.15) is 13.2 Å². The quantitative estimate of drug-likeness (QED) is 0.835. The molecule has 2 aliphatic heterocycles. The van der Waals surface area contributed by atoms with Gasteiger partial charge in [-0.15, -0.1) is 0 Å². The Bertz CT molecular complexity index is 791. The molecule has 2 aliphatic rings. The average molecular weight is 405 g/mol. The predicted octanol–water partition coefficient (Wildman–Crippen LogP) is 3.94. The Kier molecular flexibility index (Phi) is 5.99. The Morgan fingerprint density at radius 1 is 1.03 bits per heavy atom. The van der Waals surface area contributed by atoms with Crippen LogP contribution in [0.3, 0.4) is 0 Å². The smallest absolute Gasteiger partial charge is 0.341 e. The number of nitrogens with zero attached hydrogens (tertiary/aromatic N) is 4. The molecule has 2 aromatic rings. The van der Waals surface area contributed by atoms with Gasteiger partial charge in [0.1, 0.15) is 0 Å². The molecular weight excluding hydrogens is 379 g/mol. The van der Waals surface area contributed by atoms with Gasteiger partial charge < -0.3 is 10.2 Å². The summed E-state index contributed by atoms with van der Waals surface area (Å²) in [5, 5.41) is 3.41. The molecule has 1 atom stereocenters. The van der Waals surface area contributed by atoms with Crippen molar-refractivity contribution >= 4 is 5.95 Å². The summed E-state index contributed by atoms with van der Waals surface area (Å²) in [6.45, 7) is 3.74. The molecule has 2 saturated heterocycles. The zero-order chi connectivity index (χ0) is 20.3. The van der Waals surface area contributed by atoms with Crippen LogP contribution >= 0.6 is 0 Å². The van der Waals surface area contributed by atoms with Crippen molar-refractivity contribution in [2.45, 2.75) is 50.6 Å². The molecular formula is C21H26F3N5. The van der Waals surface area contributed by atoms with Gasteiger partial charge in [0.15, 0.2) is 0 Å². The van der Waals surface area contributed by atoms with Crippen LogP contribution in [0.5, 0.6) is 0 Å². The zero-order valence-electron chi connectivity index (χ0n) is 16.4. The lowest BCUT2D eigenvalue weighted by Gasteiger charge is -2.29. The second-order valence-corrected chi connectivity index (χ2v) is 7.89. The van der Waals surface area contributed by atoms with E-state index < -0.39 is 11.7 Å². The van der Waals surface area contributed by atoms with Gasteiger partial charge in [-0.05, 0) is 56.8 Å². The second-order valence-electron chi connectivity index (χ2n) is 7.89. The number of halogens is 3. The molecule has 0 bridgehead atoms. The highest BCUT2D eigenvalue weighted by Crippen LogP contribution is 2.30. The number of alkyl halides is 3. The Labute approximate surface area is 168 Å².